The summed E-state index contributed by atoms with van der Waals surface area (Å²) in [5.74, 6) is -1.04. The maximum absolute atomic E-state index is 11.0. The topological polar surface area (TPSA) is 78.8 Å². The molecule has 0 aliphatic heterocycles. The van der Waals surface area contributed by atoms with Crippen LogP contribution in [0.2, 0.25) is 10.0 Å². The first kappa shape index (κ1) is 15.4. The molecule has 0 saturated carbocycles. The standard InChI is InChI=1S/C14H11Cl2NO4/c15-9-5-8(13(18)11(16)6-9)7-17-21-12-4-2-1-3-10(12)14(19)20/h1-6,17-18H,7H2,(H,19,20). The summed E-state index contributed by atoms with van der Waals surface area (Å²) in [6.45, 7) is 0.0973. The molecule has 2 aromatic carbocycles. The number of phenols is 1. The highest BCUT2D eigenvalue weighted by Gasteiger charge is 2.11. The molecular formula is C14H11Cl2NO4. The van der Waals surface area contributed by atoms with E-state index in [2.05, 4.69) is 5.48 Å². The number of halogens is 2. The molecule has 110 valence electrons. The van der Waals surface area contributed by atoms with Gasteiger partial charge in [0, 0.05) is 10.6 Å². The average Bonchev–Trinajstić information content (AvgIpc) is 2.44. The quantitative estimate of drug-likeness (QED) is 0.733. The van der Waals surface area contributed by atoms with Crippen LogP contribution in [0.4, 0.5) is 0 Å². The van der Waals surface area contributed by atoms with Crippen LogP contribution in [0.25, 0.3) is 0 Å². The van der Waals surface area contributed by atoms with Crippen molar-refractivity contribution in [3.8, 4) is 11.5 Å². The van der Waals surface area contributed by atoms with Gasteiger partial charge in [0.2, 0.25) is 0 Å². The molecule has 0 saturated heterocycles. The van der Waals surface area contributed by atoms with Gasteiger partial charge in [-0.15, -0.1) is 0 Å². The second-order valence-corrected chi connectivity index (χ2v) is 4.96. The SMILES string of the molecule is O=C(O)c1ccccc1ONCc1cc(Cl)cc(Cl)c1O. The van der Waals surface area contributed by atoms with Crippen LogP contribution in [-0.4, -0.2) is 16.2 Å². The molecule has 5 nitrogen and oxygen atoms in total. The molecule has 3 N–H and O–H groups in total. The molecule has 0 unspecified atom stereocenters. The normalized spacial score (nSPS) is 10.4. The van der Waals surface area contributed by atoms with Gasteiger partial charge in [-0.25, -0.2) is 4.79 Å². The van der Waals surface area contributed by atoms with Crippen molar-refractivity contribution in [1.29, 1.82) is 0 Å². The second-order valence-electron chi connectivity index (χ2n) is 4.12. The first-order chi connectivity index (χ1) is 9.99. The summed E-state index contributed by atoms with van der Waals surface area (Å²) in [6, 6.07) is 9.13. The lowest BCUT2D eigenvalue weighted by Crippen LogP contribution is -2.19. The minimum atomic E-state index is -1.10. The molecule has 0 fully saturated rings. The van der Waals surface area contributed by atoms with E-state index in [1.54, 1.807) is 12.1 Å². The summed E-state index contributed by atoms with van der Waals surface area (Å²) < 4.78 is 0. The number of aromatic hydroxyl groups is 1. The van der Waals surface area contributed by atoms with Gasteiger partial charge in [-0.2, -0.15) is 5.48 Å². The van der Waals surface area contributed by atoms with Crippen molar-refractivity contribution >= 4 is 29.2 Å². The lowest BCUT2D eigenvalue weighted by Gasteiger charge is -2.11. The lowest BCUT2D eigenvalue weighted by molar-refractivity contribution is 0.0687. The second kappa shape index (κ2) is 6.67. The largest absolute Gasteiger partial charge is 0.506 e. The zero-order valence-electron chi connectivity index (χ0n) is 10.6. The van der Waals surface area contributed by atoms with E-state index in [9.17, 15) is 9.90 Å². The Hall–Kier alpha value is -1.95. The number of rotatable bonds is 5. The fraction of sp³-hybridized carbons (Fsp3) is 0.0714. The predicted octanol–water partition coefficient (Wildman–Crippen LogP) is 3.48. The van der Waals surface area contributed by atoms with E-state index in [0.717, 1.165) is 0 Å². The number of carboxylic acid groups (broad SMARTS) is 1. The number of carboxylic acids is 1. The van der Waals surface area contributed by atoms with E-state index >= 15 is 0 Å². The van der Waals surface area contributed by atoms with E-state index in [4.69, 9.17) is 33.1 Å². The first-order valence-corrected chi connectivity index (χ1v) is 6.63. The summed E-state index contributed by atoms with van der Waals surface area (Å²) in [5, 5.41) is 19.3. The summed E-state index contributed by atoms with van der Waals surface area (Å²) in [5.41, 5.74) is 3.02. The van der Waals surface area contributed by atoms with Crippen LogP contribution in [0.3, 0.4) is 0 Å². The average molecular weight is 328 g/mol. The molecular weight excluding hydrogens is 317 g/mol. The van der Waals surface area contributed by atoms with E-state index in [1.807, 2.05) is 0 Å². The monoisotopic (exact) mass is 327 g/mol. The van der Waals surface area contributed by atoms with Gasteiger partial charge in [-0.1, -0.05) is 35.3 Å². The van der Waals surface area contributed by atoms with E-state index in [1.165, 1.54) is 24.3 Å². The van der Waals surface area contributed by atoms with Crippen LogP contribution in [0.5, 0.6) is 11.5 Å². The number of hydroxylamine groups is 1. The molecule has 2 rings (SSSR count). The zero-order valence-corrected chi connectivity index (χ0v) is 12.1. The van der Waals surface area contributed by atoms with Gasteiger partial charge in [0.1, 0.15) is 11.3 Å². The van der Waals surface area contributed by atoms with Crippen molar-refractivity contribution < 1.29 is 19.8 Å². The Morgan fingerprint density at radius 1 is 1.24 bits per heavy atom. The van der Waals surface area contributed by atoms with Crippen molar-refractivity contribution in [3.05, 3.63) is 57.6 Å². The van der Waals surface area contributed by atoms with Gasteiger partial charge >= 0.3 is 5.97 Å². The maximum Gasteiger partial charge on any atom is 0.339 e. The first-order valence-electron chi connectivity index (χ1n) is 5.88. The Labute approximate surface area is 130 Å². The molecule has 0 aliphatic carbocycles. The number of aromatic carboxylic acids is 1. The van der Waals surface area contributed by atoms with Crippen LogP contribution in [0.1, 0.15) is 15.9 Å². The minimum absolute atomic E-state index is 0.0262. The molecule has 0 atom stereocenters. The van der Waals surface area contributed by atoms with Gasteiger partial charge in [0.05, 0.1) is 11.6 Å². The van der Waals surface area contributed by atoms with Crippen LogP contribution in [0.15, 0.2) is 36.4 Å². The van der Waals surface area contributed by atoms with E-state index < -0.39 is 5.97 Å². The highest BCUT2D eigenvalue weighted by atomic mass is 35.5. The van der Waals surface area contributed by atoms with Gasteiger partial charge in [0.15, 0.2) is 5.75 Å². The van der Waals surface area contributed by atoms with Crippen LogP contribution in [0, 0.1) is 0 Å². The highest BCUT2D eigenvalue weighted by Crippen LogP contribution is 2.31. The number of benzene rings is 2. The molecule has 2 aromatic rings. The van der Waals surface area contributed by atoms with E-state index in [0.29, 0.717) is 10.6 Å². The molecule has 0 aliphatic rings. The van der Waals surface area contributed by atoms with Crippen molar-refractivity contribution in [2.24, 2.45) is 0 Å². The van der Waals surface area contributed by atoms with Crippen molar-refractivity contribution in [3.63, 3.8) is 0 Å². The number of carbonyl (C=O) groups is 1. The van der Waals surface area contributed by atoms with Crippen molar-refractivity contribution in [2.45, 2.75) is 6.54 Å². The zero-order chi connectivity index (χ0) is 15.4. The maximum atomic E-state index is 11.0. The Morgan fingerprint density at radius 3 is 2.67 bits per heavy atom. The third-order valence-corrected chi connectivity index (χ3v) is 3.18. The fourth-order valence-corrected chi connectivity index (χ4v) is 2.21. The van der Waals surface area contributed by atoms with Crippen LogP contribution in [-0.2, 0) is 6.54 Å². The molecule has 0 radical (unpaired) electrons. The molecule has 0 aromatic heterocycles. The van der Waals surface area contributed by atoms with Crippen molar-refractivity contribution in [1.82, 2.24) is 5.48 Å². The number of hydrogen-bond donors (Lipinski definition) is 3. The number of phenolic OH excluding ortho intramolecular Hbond substituents is 1. The number of nitrogens with one attached hydrogen (secondary N) is 1. The Bertz CT molecular complexity index is 676. The molecule has 7 heteroatoms. The lowest BCUT2D eigenvalue weighted by atomic mass is 10.2. The van der Waals surface area contributed by atoms with Gasteiger partial charge in [0.25, 0.3) is 0 Å². The Kier molecular flexibility index (Phi) is 4.90. The molecule has 0 bridgehead atoms. The Morgan fingerprint density at radius 2 is 1.95 bits per heavy atom. The van der Waals surface area contributed by atoms with Crippen LogP contribution < -0.4 is 10.3 Å². The molecule has 21 heavy (non-hydrogen) atoms. The Balaban J connectivity index is 2.07. The summed E-state index contributed by atoms with van der Waals surface area (Å²) in [4.78, 5) is 16.2. The molecule has 0 heterocycles. The van der Waals surface area contributed by atoms with Gasteiger partial charge < -0.3 is 15.1 Å². The molecule has 0 spiro atoms. The minimum Gasteiger partial charge on any atom is -0.506 e. The van der Waals surface area contributed by atoms with Gasteiger partial charge in [-0.05, 0) is 24.3 Å². The van der Waals surface area contributed by atoms with Crippen LogP contribution >= 0.6 is 23.2 Å². The number of para-hydroxylation sites is 1. The highest BCUT2D eigenvalue weighted by molar-refractivity contribution is 6.35. The summed E-state index contributed by atoms with van der Waals surface area (Å²) in [7, 11) is 0. The number of hydrogen-bond acceptors (Lipinski definition) is 4. The molecule has 0 amide bonds. The van der Waals surface area contributed by atoms with Gasteiger partial charge in [-0.3, -0.25) is 0 Å². The third kappa shape index (κ3) is 3.78. The predicted molar refractivity (Wildman–Crippen MR) is 79.0 cm³/mol. The summed E-state index contributed by atoms with van der Waals surface area (Å²) >= 11 is 11.6. The smallest absolute Gasteiger partial charge is 0.339 e. The summed E-state index contributed by atoms with van der Waals surface area (Å²) in [6.07, 6.45) is 0. The van der Waals surface area contributed by atoms with E-state index in [-0.39, 0.29) is 28.6 Å². The van der Waals surface area contributed by atoms with Crippen molar-refractivity contribution in [2.75, 3.05) is 0 Å². The fourth-order valence-electron chi connectivity index (χ4n) is 1.68. The third-order valence-electron chi connectivity index (χ3n) is 2.67.